The molecule has 2 atom stereocenters. The van der Waals surface area contributed by atoms with Crippen molar-refractivity contribution in [3.63, 3.8) is 0 Å². The normalized spacial score (nSPS) is 34.8. The average Bonchev–Trinajstić information content (AvgIpc) is 2.44. The lowest BCUT2D eigenvalue weighted by molar-refractivity contribution is -0.148. The first-order valence-electron chi connectivity index (χ1n) is 5.09. The Morgan fingerprint density at radius 1 is 1.38 bits per heavy atom. The van der Waals surface area contributed by atoms with Crippen molar-refractivity contribution >= 4 is 5.91 Å². The van der Waals surface area contributed by atoms with Crippen molar-refractivity contribution in [3.05, 3.63) is 0 Å². The Kier molecular flexibility index (Phi) is 2.28. The number of ether oxygens (including phenoxy) is 1. The summed E-state index contributed by atoms with van der Waals surface area (Å²) in [6.45, 7) is 6.86. The summed E-state index contributed by atoms with van der Waals surface area (Å²) in [5.74, 6) is 1.30. The van der Waals surface area contributed by atoms with Gasteiger partial charge in [0.25, 0.3) is 5.91 Å². The lowest BCUT2D eigenvalue weighted by Crippen LogP contribution is -2.53. The number of rotatable bonds is 1. The fourth-order valence-electron chi connectivity index (χ4n) is 2.07. The van der Waals surface area contributed by atoms with E-state index in [-0.39, 0.29) is 12.0 Å². The highest BCUT2D eigenvalue weighted by molar-refractivity contribution is 5.82. The number of carbonyl (C=O) groups is 1. The summed E-state index contributed by atoms with van der Waals surface area (Å²) in [5, 5.41) is 0. The third kappa shape index (κ3) is 1.57. The second-order valence-electron chi connectivity index (χ2n) is 4.41. The van der Waals surface area contributed by atoms with Gasteiger partial charge in [-0.05, 0) is 18.3 Å². The first-order chi connectivity index (χ1) is 6.18. The topological polar surface area (TPSA) is 29.5 Å². The maximum Gasteiger partial charge on any atom is 0.251 e. The molecule has 2 rings (SSSR count). The minimum atomic E-state index is -0.146. The molecular weight excluding hydrogens is 166 g/mol. The predicted molar refractivity (Wildman–Crippen MR) is 49.3 cm³/mol. The molecule has 0 N–H and O–H groups in total. The van der Waals surface area contributed by atoms with E-state index in [2.05, 4.69) is 13.8 Å². The van der Waals surface area contributed by atoms with Crippen LogP contribution >= 0.6 is 0 Å². The van der Waals surface area contributed by atoms with Gasteiger partial charge in [-0.1, -0.05) is 13.8 Å². The molecule has 3 nitrogen and oxygen atoms in total. The molecular formula is C10H17NO2. The Bertz CT molecular complexity index is 211. The second-order valence-corrected chi connectivity index (χ2v) is 4.41. The van der Waals surface area contributed by atoms with Gasteiger partial charge in [-0.3, -0.25) is 4.79 Å². The van der Waals surface area contributed by atoms with E-state index >= 15 is 0 Å². The zero-order valence-electron chi connectivity index (χ0n) is 8.32. The lowest BCUT2D eigenvalue weighted by atomic mass is 9.98. The number of amides is 1. The molecule has 0 aromatic carbocycles. The summed E-state index contributed by atoms with van der Waals surface area (Å²) in [4.78, 5) is 13.7. The van der Waals surface area contributed by atoms with Crippen molar-refractivity contribution in [3.8, 4) is 0 Å². The quantitative estimate of drug-likeness (QED) is 0.604. The van der Waals surface area contributed by atoms with Crippen molar-refractivity contribution in [2.45, 2.75) is 26.4 Å². The Labute approximate surface area is 79.0 Å². The molecule has 74 valence electrons. The summed E-state index contributed by atoms with van der Waals surface area (Å²) in [5.41, 5.74) is 0. The van der Waals surface area contributed by atoms with Crippen molar-refractivity contribution in [1.29, 1.82) is 0 Å². The van der Waals surface area contributed by atoms with Crippen LogP contribution in [0, 0.1) is 11.8 Å². The van der Waals surface area contributed by atoms with E-state index in [1.807, 2.05) is 4.90 Å². The van der Waals surface area contributed by atoms with Gasteiger partial charge >= 0.3 is 0 Å². The summed E-state index contributed by atoms with van der Waals surface area (Å²) >= 11 is 0. The zero-order valence-corrected chi connectivity index (χ0v) is 8.32. The maximum absolute atomic E-state index is 11.8. The van der Waals surface area contributed by atoms with E-state index in [1.165, 1.54) is 0 Å². The van der Waals surface area contributed by atoms with Crippen LogP contribution in [0.1, 0.15) is 20.3 Å². The van der Waals surface area contributed by atoms with E-state index < -0.39 is 0 Å². The van der Waals surface area contributed by atoms with E-state index in [9.17, 15) is 4.79 Å². The Balaban J connectivity index is 1.89. The van der Waals surface area contributed by atoms with E-state index in [4.69, 9.17) is 4.74 Å². The highest BCUT2D eigenvalue weighted by Gasteiger charge is 2.37. The molecule has 2 aliphatic rings. The van der Waals surface area contributed by atoms with Gasteiger partial charge in [0.15, 0.2) is 0 Å². The summed E-state index contributed by atoms with van der Waals surface area (Å²) in [6, 6.07) is 0. The first kappa shape index (κ1) is 9.00. The van der Waals surface area contributed by atoms with Crippen LogP contribution in [0.4, 0.5) is 0 Å². The number of hydrogen-bond acceptors (Lipinski definition) is 2. The van der Waals surface area contributed by atoms with Gasteiger partial charge in [0.2, 0.25) is 0 Å². The molecule has 0 saturated carbocycles. The summed E-state index contributed by atoms with van der Waals surface area (Å²) in [7, 11) is 0. The molecule has 2 saturated heterocycles. The molecule has 2 aliphatic heterocycles. The molecule has 2 fully saturated rings. The molecule has 0 radical (unpaired) electrons. The van der Waals surface area contributed by atoms with Crippen molar-refractivity contribution in [2.24, 2.45) is 11.8 Å². The van der Waals surface area contributed by atoms with Gasteiger partial charge in [0.05, 0.1) is 0 Å². The molecule has 1 amide bonds. The van der Waals surface area contributed by atoms with Gasteiger partial charge in [0.1, 0.15) is 6.10 Å². The van der Waals surface area contributed by atoms with Crippen LogP contribution in [0.2, 0.25) is 0 Å². The molecule has 3 heteroatoms. The van der Waals surface area contributed by atoms with Gasteiger partial charge in [-0.15, -0.1) is 0 Å². The number of carbonyl (C=O) groups excluding carboxylic acids is 1. The average molecular weight is 183 g/mol. The maximum atomic E-state index is 11.8. The van der Waals surface area contributed by atoms with Gasteiger partial charge < -0.3 is 9.64 Å². The summed E-state index contributed by atoms with van der Waals surface area (Å²) < 4.78 is 5.43. The minimum Gasteiger partial charge on any atom is -0.368 e. The van der Waals surface area contributed by atoms with Crippen LogP contribution < -0.4 is 0 Å². The van der Waals surface area contributed by atoms with Crippen molar-refractivity contribution < 1.29 is 9.53 Å². The Morgan fingerprint density at radius 3 is 2.54 bits per heavy atom. The molecule has 0 aromatic heterocycles. The SMILES string of the molecule is CC1CN(C(=O)C2OCCC2C)C1. The molecule has 0 aliphatic carbocycles. The van der Waals surface area contributed by atoms with E-state index in [0.29, 0.717) is 11.8 Å². The van der Waals surface area contributed by atoms with Crippen LogP contribution in [0.3, 0.4) is 0 Å². The lowest BCUT2D eigenvalue weighted by Gasteiger charge is -2.39. The van der Waals surface area contributed by atoms with Gasteiger partial charge in [-0.2, -0.15) is 0 Å². The molecule has 0 spiro atoms. The van der Waals surface area contributed by atoms with Crippen LogP contribution in [0.15, 0.2) is 0 Å². The fraction of sp³-hybridized carbons (Fsp3) is 0.900. The van der Waals surface area contributed by atoms with Gasteiger partial charge in [-0.25, -0.2) is 0 Å². The monoisotopic (exact) mass is 183 g/mol. The van der Waals surface area contributed by atoms with E-state index in [1.54, 1.807) is 0 Å². The highest BCUT2D eigenvalue weighted by atomic mass is 16.5. The number of nitrogens with zero attached hydrogens (tertiary/aromatic N) is 1. The van der Waals surface area contributed by atoms with Crippen LogP contribution in [-0.2, 0) is 9.53 Å². The third-order valence-electron chi connectivity index (χ3n) is 3.01. The second kappa shape index (κ2) is 3.29. The van der Waals surface area contributed by atoms with Gasteiger partial charge in [0, 0.05) is 19.7 Å². The van der Waals surface area contributed by atoms with Crippen LogP contribution in [-0.4, -0.2) is 36.6 Å². The zero-order chi connectivity index (χ0) is 9.42. The fourth-order valence-corrected chi connectivity index (χ4v) is 2.07. The van der Waals surface area contributed by atoms with Crippen LogP contribution in [0.5, 0.6) is 0 Å². The Morgan fingerprint density at radius 2 is 2.08 bits per heavy atom. The molecule has 0 aromatic rings. The highest BCUT2D eigenvalue weighted by Crippen LogP contribution is 2.25. The minimum absolute atomic E-state index is 0.146. The van der Waals surface area contributed by atoms with Crippen molar-refractivity contribution in [2.75, 3.05) is 19.7 Å². The smallest absolute Gasteiger partial charge is 0.251 e. The summed E-state index contributed by atoms with van der Waals surface area (Å²) in [6.07, 6.45) is 0.882. The number of hydrogen-bond donors (Lipinski definition) is 0. The Hall–Kier alpha value is -0.570. The van der Waals surface area contributed by atoms with Crippen molar-refractivity contribution in [1.82, 2.24) is 4.90 Å². The molecule has 2 unspecified atom stereocenters. The van der Waals surface area contributed by atoms with E-state index in [0.717, 1.165) is 26.1 Å². The first-order valence-corrected chi connectivity index (χ1v) is 5.09. The molecule has 0 bridgehead atoms. The largest absolute Gasteiger partial charge is 0.368 e. The standard InChI is InChI=1S/C10H17NO2/c1-7-5-11(6-7)10(12)9-8(2)3-4-13-9/h7-9H,3-6H2,1-2H3. The molecule has 13 heavy (non-hydrogen) atoms. The third-order valence-corrected chi connectivity index (χ3v) is 3.01. The van der Waals surface area contributed by atoms with Crippen LogP contribution in [0.25, 0.3) is 0 Å². The molecule has 2 heterocycles. The number of likely N-dealkylation sites (tertiary alicyclic amines) is 1. The predicted octanol–water partition coefficient (Wildman–Crippen LogP) is 0.890.